The van der Waals surface area contributed by atoms with Crippen LogP contribution in [0.15, 0.2) is 29.4 Å². The molecule has 0 amide bonds. The SMILES string of the molecule is CCN(CCO)c1ccc(/C=N\n2c(-n3nc(C)cc3C)n[nH]c2=S)c(C)c1. The van der Waals surface area contributed by atoms with Gasteiger partial charge in [0.25, 0.3) is 5.95 Å². The summed E-state index contributed by atoms with van der Waals surface area (Å²) in [6.45, 7) is 9.57. The summed E-state index contributed by atoms with van der Waals surface area (Å²) in [5.41, 5.74) is 4.99. The number of rotatable bonds is 7. The van der Waals surface area contributed by atoms with Crippen molar-refractivity contribution in [2.24, 2.45) is 5.10 Å². The number of aryl methyl sites for hydroxylation is 3. The van der Waals surface area contributed by atoms with Crippen LogP contribution in [0.5, 0.6) is 0 Å². The molecular formula is C19H25N7OS. The first-order valence-electron chi connectivity index (χ1n) is 9.16. The van der Waals surface area contributed by atoms with Crippen LogP contribution in [0.2, 0.25) is 0 Å². The van der Waals surface area contributed by atoms with E-state index in [9.17, 15) is 5.11 Å². The van der Waals surface area contributed by atoms with Crippen LogP contribution < -0.4 is 4.90 Å². The van der Waals surface area contributed by atoms with Gasteiger partial charge in [-0.1, -0.05) is 6.07 Å². The number of aromatic nitrogens is 5. The summed E-state index contributed by atoms with van der Waals surface area (Å²) in [5.74, 6) is 0.515. The normalized spacial score (nSPS) is 11.5. The number of aliphatic hydroxyl groups is 1. The lowest BCUT2D eigenvalue weighted by Gasteiger charge is -2.22. The highest BCUT2D eigenvalue weighted by atomic mass is 32.1. The molecule has 0 spiro atoms. The van der Waals surface area contributed by atoms with Crippen molar-refractivity contribution in [2.75, 3.05) is 24.6 Å². The molecule has 0 radical (unpaired) electrons. The summed E-state index contributed by atoms with van der Waals surface area (Å²) in [5, 5.41) is 25.2. The van der Waals surface area contributed by atoms with Crippen LogP contribution in [-0.4, -0.2) is 55.7 Å². The van der Waals surface area contributed by atoms with Gasteiger partial charge in [0, 0.05) is 24.5 Å². The smallest absolute Gasteiger partial charge is 0.271 e. The Bertz CT molecular complexity index is 1050. The largest absolute Gasteiger partial charge is 0.395 e. The second kappa shape index (κ2) is 8.49. The van der Waals surface area contributed by atoms with Crippen LogP contribution in [0.3, 0.4) is 0 Å². The Labute approximate surface area is 169 Å². The van der Waals surface area contributed by atoms with Gasteiger partial charge < -0.3 is 10.0 Å². The number of likely N-dealkylation sites (N-methyl/N-ethyl adjacent to an activating group) is 1. The first kappa shape index (κ1) is 20.0. The lowest BCUT2D eigenvalue weighted by atomic mass is 10.1. The van der Waals surface area contributed by atoms with Gasteiger partial charge in [-0.15, -0.1) is 5.10 Å². The van der Waals surface area contributed by atoms with E-state index < -0.39 is 0 Å². The van der Waals surface area contributed by atoms with E-state index in [-0.39, 0.29) is 6.61 Å². The average molecular weight is 400 g/mol. The summed E-state index contributed by atoms with van der Waals surface area (Å²) in [4.78, 5) is 2.13. The minimum absolute atomic E-state index is 0.129. The van der Waals surface area contributed by atoms with Crippen molar-refractivity contribution in [2.45, 2.75) is 27.7 Å². The molecule has 0 saturated carbocycles. The van der Waals surface area contributed by atoms with E-state index in [4.69, 9.17) is 12.2 Å². The van der Waals surface area contributed by atoms with Gasteiger partial charge >= 0.3 is 0 Å². The van der Waals surface area contributed by atoms with Gasteiger partial charge in [-0.3, -0.25) is 0 Å². The maximum Gasteiger partial charge on any atom is 0.271 e. The fourth-order valence-electron chi connectivity index (χ4n) is 3.07. The number of anilines is 1. The molecule has 3 rings (SSSR count). The van der Waals surface area contributed by atoms with E-state index >= 15 is 0 Å². The van der Waals surface area contributed by atoms with E-state index in [0.717, 1.165) is 34.7 Å². The van der Waals surface area contributed by atoms with E-state index in [1.807, 2.05) is 39.0 Å². The van der Waals surface area contributed by atoms with E-state index in [1.165, 1.54) is 0 Å². The summed E-state index contributed by atoms with van der Waals surface area (Å²) in [6, 6.07) is 8.11. The number of nitrogens with zero attached hydrogens (tertiary/aromatic N) is 6. The topological polar surface area (TPSA) is 87.3 Å². The molecule has 3 aromatic rings. The summed E-state index contributed by atoms with van der Waals surface area (Å²) >= 11 is 5.33. The van der Waals surface area contributed by atoms with Crippen LogP contribution in [0.1, 0.15) is 29.4 Å². The van der Waals surface area contributed by atoms with Gasteiger partial charge in [-0.05, 0) is 69.2 Å². The Morgan fingerprint density at radius 1 is 1.29 bits per heavy atom. The van der Waals surface area contributed by atoms with Crippen molar-refractivity contribution < 1.29 is 5.11 Å². The highest BCUT2D eigenvalue weighted by Crippen LogP contribution is 2.18. The maximum atomic E-state index is 9.22. The van der Waals surface area contributed by atoms with E-state index in [2.05, 4.69) is 38.3 Å². The molecule has 28 heavy (non-hydrogen) atoms. The number of aromatic amines is 1. The lowest BCUT2D eigenvalue weighted by molar-refractivity contribution is 0.302. The molecule has 0 fully saturated rings. The molecule has 0 unspecified atom stereocenters. The molecule has 1 aromatic carbocycles. The molecule has 0 aliphatic heterocycles. The van der Waals surface area contributed by atoms with Crippen LogP contribution in [0.25, 0.3) is 5.95 Å². The first-order chi connectivity index (χ1) is 13.4. The van der Waals surface area contributed by atoms with Gasteiger partial charge in [0.05, 0.1) is 18.5 Å². The standard InChI is InChI=1S/C19H25N7OS/c1-5-24(8-9-27)17-7-6-16(13(2)10-17)12-20-26-18(21-22-19(26)28)25-15(4)11-14(3)23-25/h6-7,10-12,27H,5,8-9H2,1-4H3,(H,22,28)/b20-12-. The summed E-state index contributed by atoms with van der Waals surface area (Å²) < 4.78 is 3.67. The highest BCUT2D eigenvalue weighted by Gasteiger charge is 2.12. The zero-order valence-corrected chi connectivity index (χ0v) is 17.4. The molecule has 8 nitrogen and oxygen atoms in total. The zero-order chi connectivity index (χ0) is 20.3. The van der Waals surface area contributed by atoms with Crippen LogP contribution in [0.4, 0.5) is 5.69 Å². The Morgan fingerprint density at radius 3 is 2.68 bits per heavy atom. The number of hydrogen-bond acceptors (Lipinski definition) is 6. The van der Waals surface area contributed by atoms with Crippen molar-refractivity contribution in [3.05, 3.63) is 51.6 Å². The number of hydrogen-bond donors (Lipinski definition) is 2. The van der Waals surface area contributed by atoms with Gasteiger partial charge in [-0.2, -0.15) is 14.9 Å². The van der Waals surface area contributed by atoms with Crippen LogP contribution in [-0.2, 0) is 0 Å². The molecule has 0 saturated heterocycles. The third-order valence-electron chi connectivity index (χ3n) is 4.51. The number of aliphatic hydroxyl groups excluding tert-OH is 1. The van der Waals surface area contributed by atoms with Gasteiger partial charge in [-0.25, -0.2) is 9.78 Å². The minimum atomic E-state index is 0.129. The Morgan fingerprint density at radius 2 is 2.07 bits per heavy atom. The molecule has 2 heterocycles. The summed E-state index contributed by atoms with van der Waals surface area (Å²) in [6.07, 6.45) is 1.77. The van der Waals surface area contributed by atoms with E-state index in [0.29, 0.717) is 17.3 Å². The minimum Gasteiger partial charge on any atom is -0.395 e. The average Bonchev–Trinajstić information content (AvgIpc) is 3.19. The number of nitrogens with one attached hydrogen (secondary N) is 1. The van der Waals surface area contributed by atoms with Crippen LogP contribution in [0, 0.1) is 25.5 Å². The Hall–Kier alpha value is -2.78. The molecule has 0 atom stereocenters. The zero-order valence-electron chi connectivity index (χ0n) is 16.5. The predicted molar refractivity (Wildman–Crippen MR) is 113 cm³/mol. The van der Waals surface area contributed by atoms with Crippen molar-refractivity contribution in [1.29, 1.82) is 0 Å². The number of H-pyrrole nitrogens is 1. The van der Waals surface area contributed by atoms with Crippen molar-refractivity contribution >= 4 is 24.1 Å². The molecule has 2 N–H and O–H groups in total. The Kier molecular flexibility index (Phi) is 6.05. The molecular weight excluding hydrogens is 374 g/mol. The van der Waals surface area contributed by atoms with Crippen LogP contribution >= 0.6 is 12.2 Å². The second-order valence-electron chi connectivity index (χ2n) is 6.57. The molecule has 9 heteroatoms. The molecule has 0 bridgehead atoms. The van der Waals surface area contributed by atoms with Gasteiger partial charge in [0.2, 0.25) is 4.77 Å². The monoisotopic (exact) mass is 399 g/mol. The lowest BCUT2D eigenvalue weighted by Crippen LogP contribution is -2.26. The molecule has 148 valence electrons. The van der Waals surface area contributed by atoms with Crippen molar-refractivity contribution in [3.63, 3.8) is 0 Å². The van der Waals surface area contributed by atoms with Gasteiger partial charge in [0.15, 0.2) is 0 Å². The molecule has 0 aliphatic carbocycles. The quantitative estimate of drug-likeness (QED) is 0.471. The van der Waals surface area contributed by atoms with Gasteiger partial charge in [0.1, 0.15) is 0 Å². The maximum absolute atomic E-state index is 9.22. The highest BCUT2D eigenvalue weighted by molar-refractivity contribution is 7.71. The molecule has 2 aromatic heterocycles. The summed E-state index contributed by atoms with van der Waals surface area (Å²) in [7, 11) is 0. The van der Waals surface area contributed by atoms with Crippen molar-refractivity contribution in [1.82, 2.24) is 24.7 Å². The predicted octanol–water partition coefficient (Wildman–Crippen LogP) is 2.75. The fourth-order valence-corrected chi connectivity index (χ4v) is 3.24. The van der Waals surface area contributed by atoms with E-state index in [1.54, 1.807) is 15.6 Å². The fraction of sp³-hybridized carbons (Fsp3) is 0.368. The number of benzene rings is 1. The first-order valence-corrected chi connectivity index (χ1v) is 9.57. The second-order valence-corrected chi connectivity index (χ2v) is 6.95. The van der Waals surface area contributed by atoms with Crippen molar-refractivity contribution in [3.8, 4) is 5.95 Å². The third-order valence-corrected chi connectivity index (χ3v) is 4.78. The molecule has 0 aliphatic rings. The Balaban J connectivity index is 1.92. The third kappa shape index (κ3) is 4.05.